The van der Waals surface area contributed by atoms with E-state index >= 15 is 0 Å². The Hall–Kier alpha value is -3.15. The van der Waals surface area contributed by atoms with Crippen LogP contribution < -0.4 is 15.5 Å². The van der Waals surface area contributed by atoms with Crippen molar-refractivity contribution in [2.45, 2.75) is 20.3 Å². The molecule has 6 nitrogen and oxygen atoms in total. The molecule has 0 aliphatic heterocycles. The molecule has 0 saturated carbocycles. The first-order valence-corrected chi connectivity index (χ1v) is 8.66. The molecule has 2 aromatic carbocycles. The fourth-order valence-electron chi connectivity index (χ4n) is 2.72. The summed E-state index contributed by atoms with van der Waals surface area (Å²) in [6, 6.07) is 14.4. The van der Waals surface area contributed by atoms with Crippen LogP contribution in [0.4, 0.5) is 28.8 Å². The molecule has 3 rings (SSSR count). The molecule has 0 radical (unpaired) electrons. The zero-order valence-corrected chi connectivity index (χ0v) is 15.6. The molecular formula is C20H24N6. The highest BCUT2D eigenvalue weighted by molar-refractivity contribution is 5.65. The highest BCUT2D eigenvalue weighted by Gasteiger charge is 2.08. The summed E-state index contributed by atoms with van der Waals surface area (Å²) in [4.78, 5) is 6.59. The van der Waals surface area contributed by atoms with E-state index in [4.69, 9.17) is 0 Å². The van der Waals surface area contributed by atoms with Crippen molar-refractivity contribution in [3.8, 4) is 0 Å². The average Bonchev–Trinajstić information content (AvgIpc) is 2.64. The van der Waals surface area contributed by atoms with Gasteiger partial charge >= 0.3 is 0 Å². The van der Waals surface area contributed by atoms with Gasteiger partial charge in [-0.05, 0) is 48.7 Å². The van der Waals surface area contributed by atoms with Gasteiger partial charge in [-0.25, -0.2) is 0 Å². The molecule has 0 unspecified atom stereocenters. The highest BCUT2D eigenvalue weighted by atomic mass is 15.3. The average molecular weight is 348 g/mol. The van der Waals surface area contributed by atoms with E-state index in [9.17, 15) is 0 Å². The number of rotatable bonds is 6. The standard InChI is InChI=1S/C20H24N6/c1-5-15-8-6-7-14(2)19(15)24-20-23-18(13-21-25-20)22-16-9-11-17(12-10-16)26(3)4/h6-13H,5H2,1-4H3,(H2,22,23,24,25). The third-order valence-electron chi connectivity index (χ3n) is 4.19. The summed E-state index contributed by atoms with van der Waals surface area (Å²) in [5, 5.41) is 14.8. The van der Waals surface area contributed by atoms with Gasteiger partial charge in [-0.1, -0.05) is 25.1 Å². The monoisotopic (exact) mass is 348 g/mol. The Bertz CT molecular complexity index is 874. The van der Waals surface area contributed by atoms with E-state index in [-0.39, 0.29) is 0 Å². The summed E-state index contributed by atoms with van der Waals surface area (Å²) in [5.74, 6) is 1.12. The van der Waals surface area contributed by atoms with Crippen molar-refractivity contribution in [2.24, 2.45) is 0 Å². The zero-order chi connectivity index (χ0) is 18.5. The predicted molar refractivity (Wildman–Crippen MR) is 108 cm³/mol. The van der Waals surface area contributed by atoms with Crippen molar-refractivity contribution in [2.75, 3.05) is 29.6 Å². The molecule has 0 fully saturated rings. The van der Waals surface area contributed by atoms with Gasteiger partial charge < -0.3 is 15.5 Å². The summed E-state index contributed by atoms with van der Waals surface area (Å²) >= 11 is 0. The zero-order valence-electron chi connectivity index (χ0n) is 15.6. The van der Waals surface area contributed by atoms with Crippen LogP contribution in [0.3, 0.4) is 0 Å². The maximum Gasteiger partial charge on any atom is 0.249 e. The van der Waals surface area contributed by atoms with Crippen molar-refractivity contribution in [3.05, 3.63) is 59.8 Å². The number of aryl methyl sites for hydroxylation is 2. The van der Waals surface area contributed by atoms with Crippen LogP contribution in [-0.2, 0) is 6.42 Å². The van der Waals surface area contributed by atoms with Crippen molar-refractivity contribution in [1.82, 2.24) is 15.2 Å². The Morgan fingerprint density at radius 2 is 1.77 bits per heavy atom. The summed E-state index contributed by atoms with van der Waals surface area (Å²) in [7, 11) is 4.04. The Kier molecular flexibility index (Phi) is 5.31. The fraction of sp³-hybridized carbons (Fsp3) is 0.250. The number of benzene rings is 2. The molecule has 0 saturated heterocycles. The van der Waals surface area contributed by atoms with Crippen molar-refractivity contribution < 1.29 is 0 Å². The number of hydrogen-bond donors (Lipinski definition) is 2. The van der Waals surface area contributed by atoms with E-state index in [1.165, 1.54) is 5.56 Å². The minimum Gasteiger partial charge on any atom is -0.378 e. The van der Waals surface area contributed by atoms with E-state index in [0.29, 0.717) is 11.8 Å². The lowest BCUT2D eigenvalue weighted by molar-refractivity contribution is 0.979. The van der Waals surface area contributed by atoms with E-state index in [1.54, 1.807) is 6.20 Å². The number of para-hydroxylation sites is 1. The van der Waals surface area contributed by atoms with Gasteiger partial charge in [0.1, 0.15) is 0 Å². The largest absolute Gasteiger partial charge is 0.378 e. The Morgan fingerprint density at radius 1 is 1.00 bits per heavy atom. The second-order valence-electron chi connectivity index (χ2n) is 6.32. The second-order valence-corrected chi connectivity index (χ2v) is 6.32. The van der Waals surface area contributed by atoms with Crippen LogP contribution in [0.2, 0.25) is 0 Å². The van der Waals surface area contributed by atoms with E-state index in [0.717, 1.165) is 29.0 Å². The lowest BCUT2D eigenvalue weighted by atomic mass is 10.1. The van der Waals surface area contributed by atoms with Gasteiger partial charge in [-0.3, -0.25) is 0 Å². The van der Waals surface area contributed by atoms with Gasteiger partial charge in [0.05, 0.1) is 6.20 Å². The molecule has 2 N–H and O–H groups in total. The van der Waals surface area contributed by atoms with Crippen LogP contribution in [0.25, 0.3) is 0 Å². The van der Waals surface area contributed by atoms with E-state index in [1.807, 2.05) is 26.2 Å². The third kappa shape index (κ3) is 4.08. The number of anilines is 5. The molecule has 134 valence electrons. The Labute approximate surface area is 154 Å². The molecule has 1 heterocycles. The Morgan fingerprint density at radius 3 is 2.46 bits per heavy atom. The topological polar surface area (TPSA) is 66.0 Å². The minimum absolute atomic E-state index is 0.476. The lowest BCUT2D eigenvalue weighted by Crippen LogP contribution is -2.08. The summed E-state index contributed by atoms with van der Waals surface area (Å²) < 4.78 is 0. The van der Waals surface area contributed by atoms with Gasteiger partial charge in [0, 0.05) is 31.2 Å². The van der Waals surface area contributed by atoms with Crippen LogP contribution in [-0.4, -0.2) is 29.3 Å². The molecule has 3 aromatic rings. The van der Waals surface area contributed by atoms with Gasteiger partial charge in [0.25, 0.3) is 0 Å². The molecule has 0 aliphatic carbocycles. The first kappa shape index (κ1) is 17.7. The molecule has 0 aliphatic rings. The summed E-state index contributed by atoms with van der Waals surface area (Å²) in [6.07, 6.45) is 2.55. The second kappa shape index (κ2) is 7.82. The van der Waals surface area contributed by atoms with Crippen LogP contribution in [0.5, 0.6) is 0 Å². The molecule has 0 bridgehead atoms. The van der Waals surface area contributed by atoms with E-state index in [2.05, 4.69) is 74.9 Å². The predicted octanol–water partition coefficient (Wildman–Crippen LogP) is 4.30. The van der Waals surface area contributed by atoms with Crippen LogP contribution in [0.1, 0.15) is 18.1 Å². The SMILES string of the molecule is CCc1cccc(C)c1Nc1nncc(Nc2ccc(N(C)C)cc2)n1. The van der Waals surface area contributed by atoms with Crippen molar-refractivity contribution in [1.29, 1.82) is 0 Å². The quantitative estimate of drug-likeness (QED) is 0.692. The maximum atomic E-state index is 4.53. The smallest absolute Gasteiger partial charge is 0.249 e. The highest BCUT2D eigenvalue weighted by Crippen LogP contribution is 2.24. The van der Waals surface area contributed by atoms with Crippen molar-refractivity contribution >= 4 is 28.8 Å². The molecule has 0 spiro atoms. The number of aromatic nitrogens is 3. The van der Waals surface area contributed by atoms with Crippen LogP contribution in [0.15, 0.2) is 48.7 Å². The first-order chi connectivity index (χ1) is 12.6. The number of nitrogens with one attached hydrogen (secondary N) is 2. The minimum atomic E-state index is 0.476. The van der Waals surface area contributed by atoms with Gasteiger partial charge in [-0.15, -0.1) is 5.10 Å². The first-order valence-electron chi connectivity index (χ1n) is 8.66. The van der Waals surface area contributed by atoms with Gasteiger partial charge in [-0.2, -0.15) is 10.1 Å². The van der Waals surface area contributed by atoms with E-state index < -0.39 is 0 Å². The van der Waals surface area contributed by atoms with Gasteiger partial charge in [0.2, 0.25) is 5.95 Å². The number of nitrogens with zero attached hydrogens (tertiary/aromatic N) is 4. The van der Waals surface area contributed by atoms with Gasteiger partial charge in [0.15, 0.2) is 5.82 Å². The molecule has 6 heteroatoms. The molecule has 0 amide bonds. The molecule has 26 heavy (non-hydrogen) atoms. The maximum absolute atomic E-state index is 4.53. The normalized spacial score (nSPS) is 10.5. The number of hydrogen-bond acceptors (Lipinski definition) is 6. The van der Waals surface area contributed by atoms with Crippen LogP contribution >= 0.6 is 0 Å². The lowest BCUT2D eigenvalue weighted by Gasteiger charge is -2.14. The Balaban J connectivity index is 1.78. The van der Waals surface area contributed by atoms with Crippen LogP contribution in [0, 0.1) is 6.92 Å². The van der Waals surface area contributed by atoms with Crippen molar-refractivity contribution in [3.63, 3.8) is 0 Å². The molecule has 0 atom stereocenters. The third-order valence-corrected chi connectivity index (χ3v) is 4.19. The summed E-state index contributed by atoms with van der Waals surface area (Å²) in [5.41, 5.74) is 5.53. The summed E-state index contributed by atoms with van der Waals surface area (Å²) in [6.45, 7) is 4.21. The molecular weight excluding hydrogens is 324 g/mol. The molecule has 1 aromatic heterocycles. The fourth-order valence-corrected chi connectivity index (χ4v) is 2.72.